The number of nitrogens with two attached hydrogens (primary N) is 1. The quantitative estimate of drug-likeness (QED) is 0.674. The number of aliphatic carboxylic acids is 1. The zero-order chi connectivity index (χ0) is 13.6. The maximum absolute atomic E-state index is 11.5. The Kier molecular flexibility index (Phi) is 5.95. The molecule has 0 spiro atoms. The highest BCUT2D eigenvalue weighted by atomic mass is 16.6. The van der Waals surface area contributed by atoms with Crippen LogP contribution in [0.2, 0.25) is 0 Å². The van der Waals surface area contributed by atoms with Gasteiger partial charge in [0.2, 0.25) is 0 Å². The van der Waals surface area contributed by atoms with Gasteiger partial charge in [0, 0.05) is 6.04 Å². The molecule has 6 heteroatoms. The zero-order valence-electron chi connectivity index (χ0n) is 10.8. The summed E-state index contributed by atoms with van der Waals surface area (Å²) in [5.41, 5.74) is 5.13. The average molecular weight is 246 g/mol. The van der Waals surface area contributed by atoms with Crippen molar-refractivity contribution in [3.63, 3.8) is 0 Å². The molecule has 0 aromatic rings. The van der Waals surface area contributed by atoms with Crippen molar-refractivity contribution in [1.29, 1.82) is 0 Å². The predicted molar refractivity (Wildman–Crippen MR) is 63.7 cm³/mol. The highest BCUT2D eigenvalue weighted by Gasteiger charge is 2.24. The maximum Gasteiger partial charge on any atom is 0.407 e. The number of carbonyl (C=O) groups is 2. The van der Waals surface area contributed by atoms with E-state index in [1.54, 1.807) is 20.8 Å². The third kappa shape index (κ3) is 7.57. The summed E-state index contributed by atoms with van der Waals surface area (Å²) in [5, 5.41) is 11.2. The molecule has 0 aliphatic heterocycles. The lowest BCUT2D eigenvalue weighted by molar-refractivity contribution is -0.137. The summed E-state index contributed by atoms with van der Waals surface area (Å²) in [7, 11) is 0. The Morgan fingerprint density at radius 2 is 1.94 bits per heavy atom. The lowest BCUT2D eigenvalue weighted by atomic mass is 10.0. The van der Waals surface area contributed by atoms with Crippen LogP contribution in [0.1, 0.15) is 40.5 Å². The Bertz CT molecular complexity index is 273. The second-order valence-corrected chi connectivity index (χ2v) is 4.92. The number of hydrogen-bond acceptors (Lipinski definition) is 4. The van der Waals surface area contributed by atoms with Gasteiger partial charge in [0.15, 0.2) is 0 Å². The smallest absolute Gasteiger partial charge is 0.407 e. The standard InChI is InChI=1S/C11H22N2O4/c1-5-7(12)8(6-9(14)15)13-10(16)17-11(2,3)4/h7-8H,5-6,12H2,1-4H3,(H,13,16)(H,14,15)/t7-,8-/m1/s1. The van der Waals surface area contributed by atoms with Gasteiger partial charge in [0.25, 0.3) is 0 Å². The Morgan fingerprint density at radius 1 is 1.41 bits per heavy atom. The third-order valence-corrected chi connectivity index (χ3v) is 2.08. The van der Waals surface area contributed by atoms with E-state index in [0.717, 1.165) is 0 Å². The van der Waals surface area contributed by atoms with Gasteiger partial charge in [-0.05, 0) is 27.2 Å². The van der Waals surface area contributed by atoms with Crippen LogP contribution < -0.4 is 11.1 Å². The fourth-order valence-corrected chi connectivity index (χ4v) is 1.24. The Morgan fingerprint density at radius 3 is 2.29 bits per heavy atom. The van der Waals surface area contributed by atoms with Crippen molar-refractivity contribution in [3.8, 4) is 0 Å². The molecule has 0 saturated carbocycles. The van der Waals surface area contributed by atoms with Crippen molar-refractivity contribution < 1.29 is 19.4 Å². The normalized spacial score (nSPS) is 14.9. The molecule has 0 bridgehead atoms. The van der Waals surface area contributed by atoms with E-state index >= 15 is 0 Å². The number of carboxylic acids is 1. The van der Waals surface area contributed by atoms with E-state index in [0.29, 0.717) is 6.42 Å². The molecule has 0 rings (SSSR count). The van der Waals surface area contributed by atoms with Gasteiger partial charge < -0.3 is 20.9 Å². The number of alkyl carbamates (subject to hydrolysis) is 1. The first kappa shape index (κ1) is 15.7. The molecule has 0 unspecified atom stereocenters. The molecule has 0 heterocycles. The largest absolute Gasteiger partial charge is 0.481 e. The second kappa shape index (κ2) is 6.44. The summed E-state index contributed by atoms with van der Waals surface area (Å²) in [6, 6.07) is -1.02. The third-order valence-electron chi connectivity index (χ3n) is 2.08. The van der Waals surface area contributed by atoms with E-state index in [-0.39, 0.29) is 6.42 Å². The summed E-state index contributed by atoms with van der Waals surface area (Å²) in [6.45, 7) is 7.03. The average Bonchev–Trinajstić information content (AvgIpc) is 2.11. The summed E-state index contributed by atoms with van der Waals surface area (Å²) < 4.78 is 5.05. The molecule has 100 valence electrons. The van der Waals surface area contributed by atoms with Gasteiger partial charge in [-0.2, -0.15) is 0 Å². The van der Waals surface area contributed by atoms with Gasteiger partial charge in [-0.25, -0.2) is 4.79 Å². The van der Waals surface area contributed by atoms with Crippen LogP contribution in [-0.2, 0) is 9.53 Å². The molecular formula is C11H22N2O4. The number of carboxylic acid groups (broad SMARTS) is 1. The molecular weight excluding hydrogens is 224 g/mol. The minimum absolute atomic E-state index is 0.214. The number of nitrogens with one attached hydrogen (secondary N) is 1. The van der Waals surface area contributed by atoms with Crippen LogP contribution in [0, 0.1) is 0 Å². The Hall–Kier alpha value is -1.30. The van der Waals surface area contributed by atoms with Crippen LogP contribution in [0.4, 0.5) is 4.79 Å². The fraction of sp³-hybridized carbons (Fsp3) is 0.818. The van der Waals surface area contributed by atoms with E-state index in [1.807, 2.05) is 6.92 Å². The highest BCUT2D eigenvalue weighted by Crippen LogP contribution is 2.08. The van der Waals surface area contributed by atoms with Crippen molar-refractivity contribution in [3.05, 3.63) is 0 Å². The lowest BCUT2D eigenvalue weighted by Gasteiger charge is -2.25. The first-order valence-corrected chi connectivity index (χ1v) is 5.62. The number of hydrogen-bond donors (Lipinski definition) is 3. The summed E-state index contributed by atoms with van der Waals surface area (Å²) in [4.78, 5) is 22.1. The van der Waals surface area contributed by atoms with Crippen LogP contribution in [0.25, 0.3) is 0 Å². The molecule has 1 amide bonds. The molecule has 2 atom stereocenters. The van der Waals surface area contributed by atoms with Gasteiger partial charge in [0.1, 0.15) is 5.60 Å². The molecule has 17 heavy (non-hydrogen) atoms. The zero-order valence-corrected chi connectivity index (χ0v) is 10.8. The summed E-state index contributed by atoms with van der Waals surface area (Å²) in [5.74, 6) is -1.00. The molecule has 6 nitrogen and oxygen atoms in total. The van der Waals surface area contributed by atoms with Crippen LogP contribution in [-0.4, -0.2) is 34.9 Å². The van der Waals surface area contributed by atoms with Gasteiger partial charge in [0.05, 0.1) is 12.5 Å². The minimum Gasteiger partial charge on any atom is -0.481 e. The number of rotatable bonds is 5. The van der Waals surface area contributed by atoms with E-state index in [1.165, 1.54) is 0 Å². The van der Waals surface area contributed by atoms with E-state index in [2.05, 4.69) is 5.32 Å². The van der Waals surface area contributed by atoms with Crippen molar-refractivity contribution in [2.24, 2.45) is 5.73 Å². The van der Waals surface area contributed by atoms with Crippen LogP contribution in [0.15, 0.2) is 0 Å². The Labute approximate surface area is 102 Å². The second-order valence-electron chi connectivity index (χ2n) is 4.92. The van der Waals surface area contributed by atoms with Gasteiger partial charge in [-0.3, -0.25) is 4.79 Å². The lowest BCUT2D eigenvalue weighted by Crippen LogP contribution is -2.49. The van der Waals surface area contributed by atoms with E-state index in [9.17, 15) is 9.59 Å². The monoisotopic (exact) mass is 246 g/mol. The molecule has 0 saturated heterocycles. The molecule has 0 aromatic heterocycles. The Balaban J connectivity index is 4.42. The molecule has 0 aliphatic rings. The first-order valence-electron chi connectivity index (χ1n) is 5.62. The number of ether oxygens (including phenoxy) is 1. The van der Waals surface area contributed by atoms with Gasteiger partial charge >= 0.3 is 12.1 Å². The highest BCUT2D eigenvalue weighted by molar-refractivity contribution is 5.71. The van der Waals surface area contributed by atoms with Gasteiger partial charge in [-0.15, -0.1) is 0 Å². The van der Waals surface area contributed by atoms with Gasteiger partial charge in [-0.1, -0.05) is 6.92 Å². The number of amides is 1. The van der Waals surface area contributed by atoms with Crippen LogP contribution >= 0.6 is 0 Å². The van der Waals surface area contributed by atoms with Crippen molar-refractivity contribution in [1.82, 2.24) is 5.32 Å². The molecule has 0 radical (unpaired) electrons. The summed E-state index contributed by atoms with van der Waals surface area (Å²) >= 11 is 0. The van der Waals surface area contributed by atoms with E-state index in [4.69, 9.17) is 15.6 Å². The van der Waals surface area contributed by atoms with Crippen molar-refractivity contribution >= 4 is 12.1 Å². The van der Waals surface area contributed by atoms with Crippen molar-refractivity contribution in [2.45, 2.75) is 58.2 Å². The maximum atomic E-state index is 11.5. The topological polar surface area (TPSA) is 102 Å². The van der Waals surface area contributed by atoms with Crippen LogP contribution in [0.5, 0.6) is 0 Å². The van der Waals surface area contributed by atoms with E-state index < -0.39 is 29.7 Å². The molecule has 0 fully saturated rings. The predicted octanol–water partition coefficient (Wildman–Crippen LogP) is 1.09. The van der Waals surface area contributed by atoms with Crippen molar-refractivity contribution in [2.75, 3.05) is 0 Å². The first-order chi connectivity index (χ1) is 7.65. The molecule has 0 aromatic carbocycles. The fourth-order valence-electron chi connectivity index (χ4n) is 1.24. The summed E-state index contributed by atoms with van der Waals surface area (Å²) in [6.07, 6.45) is -0.283. The molecule has 0 aliphatic carbocycles. The van der Waals surface area contributed by atoms with Crippen LogP contribution in [0.3, 0.4) is 0 Å². The number of carbonyl (C=O) groups excluding carboxylic acids is 1. The molecule has 4 N–H and O–H groups in total. The SMILES string of the molecule is CC[C@@H](N)[C@@H](CC(=O)O)NC(=O)OC(C)(C)C. The minimum atomic E-state index is -1.00.